The molecule has 0 aliphatic heterocycles. The second-order valence-electron chi connectivity index (χ2n) is 7.72. The lowest BCUT2D eigenvalue weighted by Crippen LogP contribution is -2.43. The number of carboxylic acid groups (broad SMARTS) is 1. The van der Waals surface area contributed by atoms with Gasteiger partial charge in [-0.05, 0) is 55.5 Å². The van der Waals surface area contributed by atoms with E-state index in [0.29, 0.717) is 15.8 Å². The lowest BCUT2D eigenvalue weighted by Gasteiger charge is -2.17. The molecule has 0 saturated heterocycles. The van der Waals surface area contributed by atoms with Crippen molar-refractivity contribution in [2.75, 3.05) is 0 Å². The molecule has 0 aliphatic carbocycles. The number of aliphatic carboxylic acids is 1. The van der Waals surface area contributed by atoms with E-state index in [-0.39, 0.29) is 16.9 Å². The molecule has 0 fully saturated rings. The Morgan fingerprint density at radius 1 is 1.08 bits per heavy atom. The maximum Gasteiger partial charge on any atom is 0.416 e. The van der Waals surface area contributed by atoms with Crippen LogP contribution in [-0.4, -0.2) is 30.0 Å². The number of benzene rings is 2. The third-order valence-corrected chi connectivity index (χ3v) is 5.48. The van der Waals surface area contributed by atoms with Gasteiger partial charge in [0.25, 0.3) is 5.56 Å². The monoisotopic (exact) mass is 495 g/mol. The van der Waals surface area contributed by atoms with E-state index < -0.39 is 35.0 Å². The molecule has 1 N–H and O–H groups in total. The van der Waals surface area contributed by atoms with E-state index in [1.54, 1.807) is 12.1 Å². The molecule has 2 aromatic heterocycles. The molecule has 9 nitrogen and oxygen atoms in total. The Kier molecular flexibility index (Phi) is 6.07. The summed E-state index contributed by atoms with van der Waals surface area (Å²) in [5.74, 6) is -1.48. The quantitative estimate of drug-likeness (QED) is 0.453. The molecule has 4 aromatic rings. The summed E-state index contributed by atoms with van der Waals surface area (Å²) in [6.07, 6.45) is -2.28. The highest BCUT2D eigenvalue weighted by atomic mass is 19.4. The van der Waals surface area contributed by atoms with Crippen LogP contribution in [0.3, 0.4) is 0 Å². The molecule has 0 aliphatic rings. The number of carbonyl (C=O) groups is 1. The molecular weight excluding hydrogens is 479 g/mol. The van der Waals surface area contributed by atoms with Gasteiger partial charge in [-0.15, -0.1) is 0 Å². The minimum Gasteiger partial charge on any atom is -0.480 e. The summed E-state index contributed by atoms with van der Waals surface area (Å²) in [4.78, 5) is 38.2. The highest BCUT2D eigenvalue weighted by molar-refractivity contribution is 5.71. The van der Waals surface area contributed by atoms with Crippen LogP contribution >= 0.6 is 0 Å². The van der Waals surface area contributed by atoms with Crippen LogP contribution in [0, 0.1) is 11.3 Å². The number of hydrogen-bond acceptors (Lipinski definition) is 5. The molecule has 1 atom stereocenters. The van der Waals surface area contributed by atoms with Crippen molar-refractivity contribution >= 4 is 5.97 Å². The maximum atomic E-state index is 13.3. The summed E-state index contributed by atoms with van der Waals surface area (Å²) >= 11 is 0. The third kappa shape index (κ3) is 4.29. The molecule has 36 heavy (non-hydrogen) atoms. The smallest absolute Gasteiger partial charge is 0.416 e. The Morgan fingerprint density at radius 3 is 2.39 bits per heavy atom. The van der Waals surface area contributed by atoms with Crippen molar-refractivity contribution in [3.63, 3.8) is 0 Å². The number of aromatic nitrogens is 4. The van der Waals surface area contributed by atoms with Gasteiger partial charge in [0, 0.05) is 6.20 Å². The van der Waals surface area contributed by atoms with Crippen molar-refractivity contribution in [3.05, 3.63) is 99.0 Å². The van der Waals surface area contributed by atoms with Crippen LogP contribution < -0.4 is 11.2 Å². The number of alkyl halides is 3. The standard InChI is InChI=1S/C24H16F3N5O4/c1-14(22(34)35)31-21(33)19(20-9-10-29-32(20)17-7-5-15(12-28)6-8-17)13-30(23(31)36)18-4-2-3-16(11-18)24(25,26)27/h2-11,13-14H,1H3,(H,34,35). The highest BCUT2D eigenvalue weighted by Crippen LogP contribution is 2.30. The van der Waals surface area contributed by atoms with E-state index in [1.807, 2.05) is 6.07 Å². The largest absolute Gasteiger partial charge is 0.480 e. The molecule has 0 saturated carbocycles. The zero-order valence-corrected chi connectivity index (χ0v) is 18.5. The van der Waals surface area contributed by atoms with Gasteiger partial charge in [0.15, 0.2) is 0 Å². The number of rotatable bonds is 5. The first-order valence-corrected chi connectivity index (χ1v) is 10.4. The molecular formula is C24H16F3N5O4. The molecule has 182 valence electrons. The average molecular weight is 495 g/mol. The van der Waals surface area contributed by atoms with E-state index >= 15 is 0 Å². The van der Waals surface area contributed by atoms with E-state index in [1.165, 1.54) is 35.1 Å². The average Bonchev–Trinajstić information content (AvgIpc) is 3.33. The first-order chi connectivity index (χ1) is 17.0. The van der Waals surface area contributed by atoms with E-state index in [4.69, 9.17) is 5.26 Å². The minimum absolute atomic E-state index is 0.150. The Balaban J connectivity index is 2.01. The fraction of sp³-hybridized carbons (Fsp3) is 0.125. The lowest BCUT2D eigenvalue weighted by molar-refractivity contribution is -0.140. The molecule has 1 unspecified atom stereocenters. The molecule has 12 heteroatoms. The lowest BCUT2D eigenvalue weighted by atomic mass is 10.1. The van der Waals surface area contributed by atoms with Gasteiger partial charge in [-0.25, -0.2) is 18.8 Å². The Morgan fingerprint density at radius 2 is 1.78 bits per heavy atom. The van der Waals surface area contributed by atoms with Gasteiger partial charge in [0.2, 0.25) is 0 Å². The van der Waals surface area contributed by atoms with Gasteiger partial charge < -0.3 is 5.11 Å². The van der Waals surface area contributed by atoms with Gasteiger partial charge in [-0.2, -0.15) is 23.5 Å². The van der Waals surface area contributed by atoms with Crippen molar-refractivity contribution in [2.24, 2.45) is 0 Å². The molecule has 0 bridgehead atoms. The van der Waals surface area contributed by atoms with E-state index in [0.717, 1.165) is 35.9 Å². The molecule has 2 heterocycles. The van der Waals surface area contributed by atoms with Crippen molar-refractivity contribution in [3.8, 4) is 28.7 Å². The first kappa shape index (κ1) is 24.2. The number of halogens is 3. The van der Waals surface area contributed by atoms with Crippen LogP contribution in [0.5, 0.6) is 0 Å². The fourth-order valence-electron chi connectivity index (χ4n) is 3.61. The molecule has 0 spiro atoms. The summed E-state index contributed by atoms with van der Waals surface area (Å²) in [6.45, 7) is 1.11. The van der Waals surface area contributed by atoms with Gasteiger partial charge in [0.05, 0.1) is 46.0 Å². The predicted molar refractivity (Wildman–Crippen MR) is 121 cm³/mol. The normalized spacial score (nSPS) is 12.2. The Labute approximate surface area is 200 Å². The first-order valence-electron chi connectivity index (χ1n) is 10.4. The summed E-state index contributed by atoms with van der Waals surface area (Å²) in [7, 11) is 0. The summed E-state index contributed by atoms with van der Waals surface area (Å²) in [5.41, 5.74) is -2.53. The van der Waals surface area contributed by atoms with E-state index in [9.17, 15) is 32.7 Å². The van der Waals surface area contributed by atoms with Gasteiger partial charge in [-0.3, -0.25) is 9.36 Å². The maximum absolute atomic E-state index is 13.3. The third-order valence-electron chi connectivity index (χ3n) is 5.48. The highest BCUT2D eigenvalue weighted by Gasteiger charge is 2.31. The number of nitrogens with zero attached hydrogens (tertiary/aromatic N) is 5. The number of nitriles is 1. The minimum atomic E-state index is -4.69. The van der Waals surface area contributed by atoms with Gasteiger partial charge >= 0.3 is 17.8 Å². The van der Waals surface area contributed by atoms with Gasteiger partial charge in [0.1, 0.15) is 6.04 Å². The Bertz CT molecular complexity index is 1630. The van der Waals surface area contributed by atoms with Crippen molar-refractivity contribution in [1.29, 1.82) is 5.26 Å². The number of carboxylic acids is 1. The van der Waals surface area contributed by atoms with Gasteiger partial charge in [-0.1, -0.05) is 6.07 Å². The second-order valence-corrected chi connectivity index (χ2v) is 7.72. The summed E-state index contributed by atoms with van der Waals surface area (Å²) in [5, 5.41) is 22.7. The topological polar surface area (TPSA) is 123 Å². The van der Waals surface area contributed by atoms with Crippen LogP contribution in [0.1, 0.15) is 24.1 Å². The fourth-order valence-corrected chi connectivity index (χ4v) is 3.61. The zero-order valence-electron chi connectivity index (χ0n) is 18.5. The van der Waals surface area contributed by atoms with Crippen molar-refractivity contribution < 1.29 is 23.1 Å². The van der Waals surface area contributed by atoms with Crippen LogP contribution in [0.2, 0.25) is 0 Å². The van der Waals surface area contributed by atoms with Crippen LogP contribution in [0.4, 0.5) is 13.2 Å². The SMILES string of the molecule is CC(C(=O)O)n1c(=O)c(-c2ccnn2-c2ccc(C#N)cc2)cn(-c2cccc(C(F)(F)F)c2)c1=O. The summed E-state index contributed by atoms with van der Waals surface area (Å²) < 4.78 is 42.5. The predicted octanol–water partition coefficient (Wildman–Crippen LogP) is 3.39. The summed E-state index contributed by atoms with van der Waals surface area (Å²) in [6, 6.07) is 11.9. The van der Waals surface area contributed by atoms with Crippen LogP contribution in [-0.2, 0) is 11.0 Å². The van der Waals surface area contributed by atoms with Crippen molar-refractivity contribution in [1.82, 2.24) is 18.9 Å². The van der Waals surface area contributed by atoms with E-state index in [2.05, 4.69) is 5.10 Å². The molecule has 0 amide bonds. The van der Waals surface area contributed by atoms with Crippen molar-refractivity contribution in [2.45, 2.75) is 19.1 Å². The Hall–Kier alpha value is -4.92. The molecule has 2 aromatic carbocycles. The molecule has 0 radical (unpaired) electrons. The van der Waals surface area contributed by atoms with Crippen LogP contribution in [0.25, 0.3) is 22.6 Å². The molecule has 4 rings (SSSR count). The zero-order chi connectivity index (χ0) is 26.2. The number of hydrogen-bond donors (Lipinski definition) is 1. The van der Waals surface area contributed by atoms with Crippen LogP contribution in [0.15, 0.2) is 76.6 Å². The second kappa shape index (κ2) is 9.03.